The van der Waals surface area contributed by atoms with Crippen molar-refractivity contribution in [2.75, 3.05) is 11.9 Å². The minimum atomic E-state index is -1.23. The van der Waals surface area contributed by atoms with Gasteiger partial charge in [0.15, 0.2) is 6.61 Å². The number of amides is 2. The summed E-state index contributed by atoms with van der Waals surface area (Å²) in [6.07, 6.45) is 0. The van der Waals surface area contributed by atoms with Gasteiger partial charge in [-0.05, 0) is 12.1 Å². The van der Waals surface area contributed by atoms with E-state index in [1.807, 2.05) is 0 Å². The van der Waals surface area contributed by atoms with Crippen LogP contribution >= 0.6 is 0 Å². The van der Waals surface area contributed by atoms with Crippen LogP contribution in [0.2, 0.25) is 0 Å². The summed E-state index contributed by atoms with van der Waals surface area (Å²) in [5.74, 6) is -1.83. The second kappa shape index (κ2) is 5.66. The molecule has 0 aliphatic heterocycles. The molecule has 86 valence electrons. The highest BCUT2D eigenvalue weighted by Gasteiger charge is 2.06. The van der Waals surface area contributed by atoms with Crippen LogP contribution in [0.4, 0.5) is 14.9 Å². The Morgan fingerprint density at radius 1 is 1.38 bits per heavy atom. The number of hydrogen-bond donors (Lipinski definition) is 3. The quantitative estimate of drug-likeness (QED) is 0.670. The number of hydrogen-bond acceptors (Lipinski definition) is 3. The summed E-state index contributed by atoms with van der Waals surface area (Å²) in [6.45, 7) is -0.676. The Kier molecular flexibility index (Phi) is 4.22. The molecule has 0 saturated heterocycles. The van der Waals surface area contributed by atoms with E-state index < -0.39 is 24.4 Å². The minimum Gasteiger partial charge on any atom is -0.479 e. The summed E-state index contributed by atoms with van der Waals surface area (Å²) < 4.78 is 13.0. The largest absolute Gasteiger partial charge is 0.479 e. The molecule has 1 aromatic carbocycles. The van der Waals surface area contributed by atoms with Crippen LogP contribution in [0.5, 0.6) is 0 Å². The van der Waals surface area contributed by atoms with Crippen LogP contribution < -0.4 is 10.8 Å². The van der Waals surface area contributed by atoms with Crippen molar-refractivity contribution < 1.29 is 23.9 Å². The zero-order valence-corrected chi connectivity index (χ0v) is 8.07. The van der Waals surface area contributed by atoms with Crippen molar-refractivity contribution in [3.63, 3.8) is 0 Å². The highest BCUT2D eigenvalue weighted by molar-refractivity contribution is 5.88. The molecule has 7 heteroatoms. The van der Waals surface area contributed by atoms with E-state index in [9.17, 15) is 14.0 Å². The van der Waals surface area contributed by atoms with E-state index in [2.05, 4.69) is 10.2 Å². The Labute approximate surface area is 90.0 Å². The summed E-state index contributed by atoms with van der Waals surface area (Å²) in [6, 6.07) is 4.68. The lowest BCUT2D eigenvalue weighted by Crippen LogP contribution is -2.31. The normalized spacial score (nSPS) is 9.56. The Bertz CT molecular complexity index is 397. The Balaban J connectivity index is 2.40. The Hall–Kier alpha value is -2.15. The van der Waals surface area contributed by atoms with Gasteiger partial charge >= 0.3 is 12.0 Å². The van der Waals surface area contributed by atoms with Crippen molar-refractivity contribution in [1.29, 1.82) is 0 Å². The second-order valence-electron chi connectivity index (χ2n) is 2.72. The summed E-state index contributed by atoms with van der Waals surface area (Å²) in [4.78, 5) is 25.4. The lowest BCUT2D eigenvalue weighted by molar-refractivity contribution is -0.143. The maximum Gasteiger partial charge on any atom is 0.343 e. The fourth-order valence-corrected chi connectivity index (χ4v) is 0.874. The van der Waals surface area contributed by atoms with Gasteiger partial charge in [-0.2, -0.15) is 0 Å². The number of carboxylic acid groups (broad SMARTS) is 1. The Morgan fingerprint density at radius 2 is 2.06 bits per heavy atom. The monoisotopic (exact) mass is 228 g/mol. The van der Waals surface area contributed by atoms with Crippen molar-refractivity contribution in [3.8, 4) is 0 Å². The molecule has 3 N–H and O–H groups in total. The number of carboxylic acids is 1. The number of hydroxylamine groups is 1. The van der Waals surface area contributed by atoms with Crippen molar-refractivity contribution >= 4 is 17.7 Å². The third-order valence-corrected chi connectivity index (χ3v) is 1.48. The first kappa shape index (κ1) is 11.9. The molecule has 0 heterocycles. The van der Waals surface area contributed by atoms with Crippen LogP contribution in [-0.4, -0.2) is 23.7 Å². The number of para-hydroxylation sites is 1. The molecular formula is C9H9FN2O4. The number of carbonyl (C=O) groups excluding carboxylic acids is 1. The minimum absolute atomic E-state index is 0.0288. The third kappa shape index (κ3) is 3.93. The molecule has 0 unspecified atom stereocenters. The molecule has 0 atom stereocenters. The molecule has 0 aliphatic carbocycles. The van der Waals surface area contributed by atoms with Crippen LogP contribution in [0.25, 0.3) is 0 Å². The molecule has 6 nitrogen and oxygen atoms in total. The number of benzene rings is 1. The maximum absolute atomic E-state index is 13.0. The third-order valence-electron chi connectivity index (χ3n) is 1.48. The van der Waals surface area contributed by atoms with Gasteiger partial charge < -0.3 is 10.4 Å². The number of aliphatic carboxylic acids is 1. The van der Waals surface area contributed by atoms with Gasteiger partial charge in [-0.15, -0.1) is 0 Å². The second-order valence-corrected chi connectivity index (χ2v) is 2.72. The van der Waals surface area contributed by atoms with Gasteiger partial charge in [0, 0.05) is 0 Å². The summed E-state index contributed by atoms with van der Waals surface area (Å²) >= 11 is 0. The highest BCUT2D eigenvalue weighted by Crippen LogP contribution is 2.11. The first-order valence-corrected chi connectivity index (χ1v) is 4.24. The predicted molar refractivity (Wildman–Crippen MR) is 52.1 cm³/mol. The zero-order chi connectivity index (χ0) is 12.0. The van der Waals surface area contributed by atoms with Crippen LogP contribution in [0, 0.1) is 5.82 Å². The van der Waals surface area contributed by atoms with Gasteiger partial charge in [-0.25, -0.2) is 19.5 Å². The van der Waals surface area contributed by atoms with E-state index in [-0.39, 0.29) is 5.69 Å². The topological polar surface area (TPSA) is 87.7 Å². The van der Waals surface area contributed by atoms with Crippen LogP contribution in [0.1, 0.15) is 0 Å². The molecule has 0 aliphatic rings. The average Bonchev–Trinajstić information content (AvgIpc) is 2.21. The van der Waals surface area contributed by atoms with Crippen LogP contribution in [-0.2, 0) is 9.63 Å². The molecule has 0 aromatic heterocycles. The SMILES string of the molecule is O=C(O)CONC(=O)Nc1ccccc1F. The van der Waals surface area contributed by atoms with E-state index in [0.717, 1.165) is 0 Å². The standard InChI is InChI=1S/C9H9FN2O4/c10-6-3-1-2-4-7(6)11-9(15)12-16-5-8(13)14/h1-4H,5H2,(H,13,14)(H2,11,12,15). The molecule has 1 aromatic rings. The van der Waals surface area contributed by atoms with E-state index in [1.54, 1.807) is 5.48 Å². The fourth-order valence-electron chi connectivity index (χ4n) is 0.874. The van der Waals surface area contributed by atoms with Crippen molar-refractivity contribution in [2.24, 2.45) is 0 Å². The molecule has 0 bridgehead atoms. The fraction of sp³-hybridized carbons (Fsp3) is 0.111. The number of anilines is 1. The van der Waals surface area contributed by atoms with Gasteiger partial charge in [0.2, 0.25) is 0 Å². The van der Waals surface area contributed by atoms with Gasteiger partial charge in [0.1, 0.15) is 5.82 Å². The molecule has 2 amide bonds. The summed E-state index contributed by atoms with van der Waals surface area (Å²) in [5.41, 5.74) is 1.76. The van der Waals surface area contributed by atoms with Gasteiger partial charge in [-0.3, -0.25) is 4.84 Å². The van der Waals surface area contributed by atoms with Gasteiger partial charge in [-0.1, -0.05) is 12.1 Å². The van der Waals surface area contributed by atoms with Crippen molar-refractivity contribution in [3.05, 3.63) is 30.1 Å². The smallest absolute Gasteiger partial charge is 0.343 e. The van der Waals surface area contributed by atoms with E-state index >= 15 is 0 Å². The van der Waals surface area contributed by atoms with Crippen LogP contribution in [0.15, 0.2) is 24.3 Å². The van der Waals surface area contributed by atoms with Crippen molar-refractivity contribution in [2.45, 2.75) is 0 Å². The highest BCUT2D eigenvalue weighted by atomic mass is 19.1. The van der Waals surface area contributed by atoms with E-state index in [1.165, 1.54) is 24.3 Å². The first-order chi connectivity index (χ1) is 7.59. The number of nitrogens with one attached hydrogen (secondary N) is 2. The first-order valence-electron chi connectivity index (χ1n) is 4.24. The van der Waals surface area contributed by atoms with Gasteiger partial charge in [0.25, 0.3) is 0 Å². The molecule has 0 saturated carbocycles. The summed E-state index contributed by atoms with van der Waals surface area (Å²) in [5, 5.41) is 10.3. The molecule has 1 rings (SSSR count). The predicted octanol–water partition coefficient (Wildman–Crippen LogP) is 0.963. The summed E-state index contributed by atoms with van der Waals surface area (Å²) in [7, 11) is 0. The number of rotatable bonds is 4. The van der Waals surface area contributed by atoms with E-state index in [0.29, 0.717) is 0 Å². The Morgan fingerprint density at radius 3 is 2.69 bits per heavy atom. The number of carbonyl (C=O) groups is 2. The zero-order valence-electron chi connectivity index (χ0n) is 8.07. The van der Waals surface area contributed by atoms with E-state index in [4.69, 9.17) is 5.11 Å². The molecule has 0 radical (unpaired) electrons. The molecule has 16 heavy (non-hydrogen) atoms. The maximum atomic E-state index is 13.0. The van der Waals surface area contributed by atoms with Gasteiger partial charge in [0.05, 0.1) is 5.69 Å². The lowest BCUT2D eigenvalue weighted by atomic mass is 10.3. The molecule has 0 spiro atoms. The molecule has 0 fully saturated rings. The van der Waals surface area contributed by atoms with Crippen LogP contribution in [0.3, 0.4) is 0 Å². The number of urea groups is 1. The molecular weight excluding hydrogens is 219 g/mol. The lowest BCUT2D eigenvalue weighted by Gasteiger charge is -2.06. The number of halogens is 1. The average molecular weight is 228 g/mol. The van der Waals surface area contributed by atoms with Crippen molar-refractivity contribution in [1.82, 2.24) is 5.48 Å².